The van der Waals surface area contributed by atoms with Gasteiger partial charge in [-0.15, -0.1) is 0 Å². The molecule has 0 spiro atoms. The Balaban J connectivity index is 1.63. The van der Waals surface area contributed by atoms with E-state index in [1.807, 2.05) is 55.5 Å². The number of amidine groups is 1. The van der Waals surface area contributed by atoms with Gasteiger partial charge in [0.15, 0.2) is 0 Å². The SMILES string of the molecule is Cc1ccc(NC(=O)NC2=N/C(=C(/C#N)C(=O)N3CCCC3)c3ccccc32)cc1. The molecule has 0 atom stereocenters. The number of benzene rings is 2. The Bertz CT molecular complexity index is 1100. The standard InChI is InChI=1S/C23H21N5O2/c1-15-8-10-16(11-9-15)25-23(30)27-21-18-7-3-2-6-17(18)20(26-21)19(14-24)22(29)28-12-4-5-13-28/h2-3,6-11H,4-5,12-13H2,1H3,(H2,25,26,27,30)/b20-19-. The molecule has 7 heteroatoms. The molecule has 0 aliphatic carbocycles. The summed E-state index contributed by atoms with van der Waals surface area (Å²) in [6.07, 6.45) is 1.87. The number of nitriles is 1. The van der Waals surface area contributed by atoms with Gasteiger partial charge in [-0.1, -0.05) is 42.0 Å². The lowest BCUT2D eigenvalue weighted by atomic mass is 10.0. The highest BCUT2D eigenvalue weighted by molar-refractivity contribution is 6.19. The van der Waals surface area contributed by atoms with E-state index in [2.05, 4.69) is 15.6 Å². The topological polar surface area (TPSA) is 97.6 Å². The highest BCUT2D eigenvalue weighted by Crippen LogP contribution is 2.31. The van der Waals surface area contributed by atoms with Crippen molar-refractivity contribution in [2.75, 3.05) is 18.4 Å². The number of carbonyl (C=O) groups is 2. The summed E-state index contributed by atoms with van der Waals surface area (Å²) in [7, 11) is 0. The molecule has 0 saturated carbocycles. The van der Waals surface area contributed by atoms with E-state index in [0.717, 1.165) is 18.4 Å². The highest BCUT2D eigenvalue weighted by Gasteiger charge is 2.30. The lowest BCUT2D eigenvalue weighted by molar-refractivity contribution is -0.125. The van der Waals surface area contributed by atoms with Gasteiger partial charge in [-0.25, -0.2) is 9.79 Å². The van der Waals surface area contributed by atoms with E-state index in [9.17, 15) is 14.9 Å². The van der Waals surface area contributed by atoms with Crippen molar-refractivity contribution in [2.24, 2.45) is 4.99 Å². The van der Waals surface area contributed by atoms with Gasteiger partial charge in [-0.3, -0.25) is 10.1 Å². The van der Waals surface area contributed by atoms with Crippen molar-refractivity contribution in [3.63, 3.8) is 0 Å². The van der Waals surface area contributed by atoms with Crippen LogP contribution in [-0.4, -0.2) is 35.8 Å². The van der Waals surface area contributed by atoms with Crippen molar-refractivity contribution in [3.05, 3.63) is 70.8 Å². The molecule has 7 nitrogen and oxygen atoms in total. The quantitative estimate of drug-likeness (QED) is 0.598. The van der Waals surface area contributed by atoms with Gasteiger partial charge in [-0.05, 0) is 31.9 Å². The number of fused-ring (bicyclic) bond motifs is 1. The van der Waals surface area contributed by atoms with Gasteiger partial charge in [0.05, 0.1) is 5.70 Å². The van der Waals surface area contributed by atoms with Crippen LogP contribution < -0.4 is 10.6 Å². The Morgan fingerprint density at radius 1 is 1.00 bits per heavy atom. The van der Waals surface area contributed by atoms with E-state index in [1.165, 1.54) is 0 Å². The lowest BCUT2D eigenvalue weighted by Crippen LogP contribution is -2.34. The number of carbonyl (C=O) groups excluding carboxylic acids is 2. The van der Waals surface area contributed by atoms with Crippen LogP contribution in [-0.2, 0) is 4.79 Å². The van der Waals surface area contributed by atoms with Gasteiger partial charge in [0.1, 0.15) is 17.5 Å². The fraction of sp³-hybridized carbons (Fsp3) is 0.217. The first-order valence-corrected chi connectivity index (χ1v) is 9.83. The fourth-order valence-electron chi connectivity index (χ4n) is 3.60. The molecule has 2 aromatic carbocycles. The van der Waals surface area contributed by atoms with Crippen molar-refractivity contribution in [1.82, 2.24) is 10.2 Å². The Morgan fingerprint density at radius 3 is 2.33 bits per heavy atom. The second-order valence-electron chi connectivity index (χ2n) is 7.29. The van der Waals surface area contributed by atoms with Gasteiger partial charge in [-0.2, -0.15) is 5.26 Å². The molecule has 0 unspecified atom stereocenters. The summed E-state index contributed by atoms with van der Waals surface area (Å²) in [4.78, 5) is 31.5. The van der Waals surface area contributed by atoms with Crippen molar-refractivity contribution in [3.8, 4) is 6.07 Å². The first kappa shape index (κ1) is 19.4. The molecule has 150 valence electrons. The third-order valence-corrected chi connectivity index (χ3v) is 5.16. The Kier molecular flexibility index (Phi) is 5.31. The van der Waals surface area contributed by atoms with Crippen LogP contribution in [0.25, 0.3) is 5.70 Å². The molecule has 4 rings (SSSR count). The van der Waals surface area contributed by atoms with Crippen LogP contribution in [0.3, 0.4) is 0 Å². The molecular formula is C23H21N5O2. The van der Waals surface area contributed by atoms with Crippen LogP contribution in [0.4, 0.5) is 10.5 Å². The van der Waals surface area contributed by atoms with Crippen LogP contribution in [0.15, 0.2) is 59.1 Å². The maximum absolute atomic E-state index is 12.8. The van der Waals surface area contributed by atoms with Crippen molar-refractivity contribution in [1.29, 1.82) is 5.26 Å². The molecule has 2 aromatic rings. The maximum atomic E-state index is 12.8. The molecule has 0 bridgehead atoms. The van der Waals surface area contributed by atoms with E-state index in [1.54, 1.807) is 11.0 Å². The minimum atomic E-state index is -0.446. The number of urea groups is 1. The largest absolute Gasteiger partial charge is 0.338 e. The molecule has 1 saturated heterocycles. The molecule has 2 aliphatic rings. The first-order chi connectivity index (χ1) is 14.6. The number of rotatable bonds is 2. The number of likely N-dealkylation sites (tertiary alicyclic amines) is 1. The van der Waals surface area contributed by atoms with Gasteiger partial charge < -0.3 is 10.2 Å². The number of hydrogen-bond donors (Lipinski definition) is 2. The fourth-order valence-corrected chi connectivity index (χ4v) is 3.60. The van der Waals surface area contributed by atoms with Crippen molar-refractivity contribution in [2.45, 2.75) is 19.8 Å². The molecular weight excluding hydrogens is 378 g/mol. The van der Waals surface area contributed by atoms with Crippen molar-refractivity contribution < 1.29 is 9.59 Å². The summed E-state index contributed by atoms with van der Waals surface area (Å²) in [5, 5.41) is 15.2. The monoisotopic (exact) mass is 399 g/mol. The summed E-state index contributed by atoms with van der Waals surface area (Å²) in [5.41, 5.74) is 3.38. The zero-order valence-electron chi connectivity index (χ0n) is 16.6. The zero-order chi connectivity index (χ0) is 21.1. The molecule has 30 heavy (non-hydrogen) atoms. The average Bonchev–Trinajstić information content (AvgIpc) is 3.40. The number of nitrogens with zero attached hydrogens (tertiary/aromatic N) is 3. The second kappa shape index (κ2) is 8.21. The molecule has 0 radical (unpaired) electrons. The molecule has 2 N–H and O–H groups in total. The Hall–Kier alpha value is -3.92. The second-order valence-corrected chi connectivity index (χ2v) is 7.29. The number of nitrogens with one attached hydrogen (secondary N) is 2. The van der Waals surface area contributed by atoms with E-state index in [0.29, 0.717) is 41.4 Å². The predicted octanol–water partition coefficient (Wildman–Crippen LogP) is 3.43. The van der Waals surface area contributed by atoms with E-state index >= 15 is 0 Å². The number of amides is 3. The van der Waals surface area contributed by atoms with Gasteiger partial charge in [0, 0.05) is 29.9 Å². The normalized spacial score (nSPS) is 16.4. The molecule has 0 aromatic heterocycles. The number of anilines is 1. The van der Waals surface area contributed by atoms with E-state index in [-0.39, 0.29) is 11.5 Å². The lowest BCUT2D eigenvalue weighted by Gasteiger charge is -2.15. The summed E-state index contributed by atoms with van der Waals surface area (Å²) >= 11 is 0. The Labute approximate surface area is 174 Å². The van der Waals surface area contributed by atoms with Crippen LogP contribution in [0.2, 0.25) is 0 Å². The van der Waals surface area contributed by atoms with Crippen LogP contribution in [0, 0.1) is 18.3 Å². The van der Waals surface area contributed by atoms with Crippen LogP contribution in [0.1, 0.15) is 29.5 Å². The minimum absolute atomic E-state index is 0.0000859. The zero-order valence-corrected chi connectivity index (χ0v) is 16.6. The number of hydrogen-bond acceptors (Lipinski definition) is 4. The van der Waals surface area contributed by atoms with Crippen LogP contribution in [0.5, 0.6) is 0 Å². The third-order valence-electron chi connectivity index (χ3n) is 5.16. The molecule has 2 aliphatic heterocycles. The molecule has 1 fully saturated rings. The van der Waals surface area contributed by atoms with E-state index < -0.39 is 6.03 Å². The summed E-state index contributed by atoms with van der Waals surface area (Å²) in [5.74, 6) is 0.00101. The summed E-state index contributed by atoms with van der Waals surface area (Å²) in [6, 6.07) is 16.3. The average molecular weight is 399 g/mol. The van der Waals surface area contributed by atoms with Gasteiger partial charge in [0.2, 0.25) is 0 Å². The molecule has 3 amide bonds. The summed E-state index contributed by atoms with van der Waals surface area (Å²) in [6.45, 7) is 3.26. The highest BCUT2D eigenvalue weighted by atomic mass is 16.2. The first-order valence-electron chi connectivity index (χ1n) is 9.83. The van der Waals surface area contributed by atoms with Gasteiger partial charge in [0.25, 0.3) is 5.91 Å². The smallest absolute Gasteiger partial charge is 0.324 e. The maximum Gasteiger partial charge on any atom is 0.324 e. The number of aryl methyl sites for hydroxylation is 1. The van der Waals surface area contributed by atoms with E-state index in [4.69, 9.17) is 0 Å². The third kappa shape index (κ3) is 3.80. The number of aliphatic imine (C=N–C) groups is 1. The Morgan fingerprint density at radius 2 is 1.67 bits per heavy atom. The van der Waals surface area contributed by atoms with Crippen molar-refractivity contribution >= 4 is 29.2 Å². The summed E-state index contributed by atoms with van der Waals surface area (Å²) < 4.78 is 0. The predicted molar refractivity (Wildman–Crippen MR) is 115 cm³/mol. The van der Waals surface area contributed by atoms with Gasteiger partial charge >= 0.3 is 6.03 Å². The molecule has 2 heterocycles. The van der Waals surface area contributed by atoms with Crippen LogP contribution >= 0.6 is 0 Å². The minimum Gasteiger partial charge on any atom is -0.338 e.